The topological polar surface area (TPSA) is 96.0 Å². The zero-order chi connectivity index (χ0) is 23.4. The maximum absolute atomic E-state index is 11.8. The van der Waals surface area contributed by atoms with Crippen LogP contribution in [0, 0.1) is 44.6 Å². The molecule has 6 nitrogen and oxygen atoms in total. The zero-order valence-corrected chi connectivity index (χ0v) is 20.0. The van der Waals surface area contributed by atoms with Crippen LogP contribution in [0.5, 0.6) is 5.75 Å². The number of nitro benzene ring substituents is 1. The number of hydrogen-bond acceptors (Lipinski definition) is 5. The molecule has 0 aromatic heterocycles. The van der Waals surface area contributed by atoms with Crippen molar-refractivity contribution in [2.45, 2.75) is 83.7 Å². The standard InChI is InChI=1S/C27H38N2O4/c1-25-12-4-3-5-19(25)6-8-21-22(25)10-13-26(2)23(21)11-14-27(26,31)17-28-16-18-15-20(29(32)33)7-9-24(18)30/h7,9,15-16,19,21-23,30-31H,3-6,8,10-14,17H2,1-2H3/t19-,21-,22+,23+,25+,26+,27-/m1/s1. The number of phenolic OH excluding ortho intramolecular Hbond substituents is 1. The Morgan fingerprint density at radius 2 is 1.88 bits per heavy atom. The van der Waals surface area contributed by atoms with E-state index in [4.69, 9.17) is 0 Å². The quantitative estimate of drug-likeness (QED) is 0.337. The van der Waals surface area contributed by atoms with Crippen molar-refractivity contribution in [1.82, 2.24) is 0 Å². The molecule has 0 aliphatic heterocycles. The predicted octanol–water partition coefficient (Wildman–Crippen LogP) is 5.88. The highest BCUT2D eigenvalue weighted by Crippen LogP contribution is 2.68. The average Bonchev–Trinajstić information content (AvgIpc) is 3.05. The maximum Gasteiger partial charge on any atom is 0.270 e. The van der Waals surface area contributed by atoms with E-state index in [2.05, 4.69) is 18.8 Å². The predicted molar refractivity (Wildman–Crippen MR) is 129 cm³/mol. The highest BCUT2D eigenvalue weighted by atomic mass is 16.6. The van der Waals surface area contributed by atoms with E-state index in [1.54, 1.807) is 0 Å². The summed E-state index contributed by atoms with van der Waals surface area (Å²) in [7, 11) is 0. The Bertz CT molecular complexity index is 963. The van der Waals surface area contributed by atoms with Crippen LogP contribution in [0.4, 0.5) is 5.69 Å². The fraction of sp³-hybridized carbons (Fsp3) is 0.741. The Hall–Kier alpha value is -1.95. The van der Waals surface area contributed by atoms with Crippen molar-refractivity contribution in [3.63, 3.8) is 0 Å². The lowest BCUT2D eigenvalue weighted by molar-refractivity contribution is -0.384. The number of non-ortho nitro benzene ring substituents is 1. The second-order valence-electron chi connectivity index (χ2n) is 11.9. The molecule has 180 valence electrons. The van der Waals surface area contributed by atoms with Gasteiger partial charge in [-0.05, 0) is 86.5 Å². The summed E-state index contributed by atoms with van der Waals surface area (Å²) in [5.41, 5.74) is -0.278. The smallest absolute Gasteiger partial charge is 0.270 e. The Morgan fingerprint density at radius 3 is 2.67 bits per heavy atom. The number of rotatable bonds is 4. The molecule has 0 bridgehead atoms. The molecule has 4 fully saturated rings. The van der Waals surface area contributed by atoms with Crippen molar-refractivity contribution in [2.75, 3.05) is 6.54 Å². The number of benzene rings is 1. The van der Waals surface area contributed by atoms with Crippen LogP contribution in [0.15, 0.2) is 23.2 Å². The first-order valence-electron chi connectivity index (χ1n) is 12.9. The van der Waals surface area contributed by atoms with Gasteiger partial charge in [0.15, 0.2) is 0 Å². The van der Waals surface area contributed by atoms with Crippen LogP contribution in [0.2, 0.25) is 0 Å². The van der Waals surface area contributed by atoms with Gasteiger partial charge in [-0.25, -0.2) is 0 Å². The van der Waals surface area contributed by atoms with E-state index in [-0.39, 0.29) is 23.4 Å². The van der Waals surface area contributed by atoms with Crippen molar-refractivity contribution in [3.05, 3.63) is 33.9 Å². The number of nitro groups is 1. The molecule has 0 saturated heterocycles. The third-order valence-electron chi connectivity index (χ3n) is 10.7. The minimum Gasteiger partial charge on any atom is -0.507 e. The van der Waals surface area contributed by atoms with Crippen molar-refractivity contribution in [3.8, 4) is 5.75 Å². The van der Waals surface area contributed by atoms with Crippen molar-refractivity contribution in [1.29, 1.82) is 0 Å². The average molecular weight is 455 g/mol. The molecule has 2 N–H and O–H groups in total. The normalized spacial score (nSPS) is 42.5. The third-order valence-corrected chi connectivity index (χ3v) is 10.7. The van der Waals surface area contributed by atoms with Crippen LogP contribution in [0.1, 0.15) is 83.6 Å². The summed E-state index contributed by atoms with van der Waals surface area (Å²) < 4.78 is 0. The van der Waals surface area contributed by atoms with Crippen molar-refractivity contribution >= 4 is 11.9 Å². The van der Waals surface area contributed by atoms with Gasteiger partial charge in [-0.1, -0.05) is 26.7 Å². The molecule has 0 spiro atoms. The second-order valence-corrected chi connectivity index (χ2v) is 11.9. The van der Waals surface area contributed by atoms with E-state index in [9.17, 15) is 20.3 Å². The van der Waals surface area contributed by atoms with Gasteiger partial charge in [-0.2, -0.15) is 0 Å². The summed E-state index contributed by atoms with van der Waals surface area (Å²) in [6, 6.07) is 3.93. The molecule has 4 aliphatic carbocycles. The van der Waals surface area contributed by atoms with E-state index in [1.165, 1.54) is 69.4 Å². The molecule has 7 atom stereocenters. The monoisotopic (exact) mass is 454 g/mol. The van der Waals surface area contributed by atoms with E-state index in [0.717, 1.165) is 31.1 Å². The summed E-state index contributed by atoms with van der Waals surface area (Å²) in [4.78, 5) is 15.1. The highest BCUT2D eigenvalue weighted by molar-refractivity contribution is 5.84. The van der Waals surface area contributed by atoms with E-state index >= 15 is 0 Å². The molecular weight excluding hydrogens is 416 g/mol. The Labute approximate surface area is 196 Å². The van der Waals surface area contributed by atoms with E-state index in [1.807, 2.05) is 0 Å². The molecule has 0 heterocycles. The number of nitrogens with zero attached hydrogens (tertiary/aromatic N) is 2. The SMILES string of the molecule is C[C@]12CCCC[C@@H]1CC[C@@H]1[C@@H]2CC[C@@]2(C)[C@H]1CC[C@@]2(O)CN=Cc1cc([N+](=O)[O-])ccc1O. The molecular formula is C27H38N2O4. The van der Waals surface area contributed by atoms with Crippen LogP contribution in [0.3, 0.4) is 0 Å². The van der Waals surface area contributed by atoms with Gasteiger partial charge in [0.1, 0.15) is 5.75 Å². The first-order valence-corrected chi connectivity index (χ1v) is 12.9. The zero-order valence-electron chi connectivity index (χ0n) is 20.0. The lowest BCUT2D eigenvalue weighted by atomic mass is 9.44. The Balaban J connectivity index is 1.34. The first-order chi connectivity index (χ1) is 15.7. The molecule has 0 unspecified atom stereocenters. The summed E-state index contributed by atoms with van der Waals surface area (Å²) in [5.74, 6) is 2.90. The molecule has 1 aromatic carbocycles. The molecule has 1 aromatic rings. The highest BCUT2D eigenvalue weighted by Gasteiger charge is 2.64. The number of aromatic hydroxyl groups is 1. The first kappa shape index (κ1) is 22.8. The van der Waals surface area contributed by atoms with Crippen LogP contribution >= 0.6 is 0 Å². The largest absolute Gasteiger partial charge is 0.507 e. The van der Waals surface area contributed by atoms with Gasteiger partial charge in [-0.3, -0.25) is 15.1 Å². The summed E-state index contributed by atoms with van der Waals surface area (Å²) in [6.45, 7) is 5.14. The van der Waals surface area contributed by atoms with Gasteiger partial charge in [0.05, 0.1) is 17.1 Å². The lowest BCUT2D eigenvalue weighted by Gasteiger charge is -2.61. The fourth-order valence-electron chi connectivity index (χ4n) is 8.72. The van der Waals surface area contributed by atoms with Gasteiger partial charge in [-0.15, -0.1) is 0 Å². The molecule has 0 amide bonds. The van der Waals surface area contributed by atoms with Crippen LogP contribution in [0.25, 0.3) is 0 Å². The minimum absolute atomic E-state index is 0.0372. The van der Waals surface area contributed by atoms with E-state index in [0.29, 0.717) is 22.8 Å². The second kappa shape index (κ2) is 8.07. The third kappa shape index (κ3) is 3.51. The molecule has 0 radical (unpaired) electrons. The number of fused-ring (bicyclic) bond motifs is 5. The number of hydrogen-bond donors (Lipinski definition) is 2. The van der Waals surface area contributed by atoms with E-state index < -0.39 is 10.5 Å². The summed E-state index contributed by atoms with van der Waals surface area (Å²) in [5, 5.41) is 33.0. The van der Waals surface area contributed by atoms with Crippen LogP contribution in [-0.2, 0) is 0 Å². The number of aliphatic imine (C=N–C) groups is 1. The Kier molecular flexibility index (Phi) is 5.58. The molecule has 6 heteroatoms. The van der Waals surface area contributed by atoms with Gasteiger partial charge in [0.25, 0.3) is 5.69 Å². The lowest BCUT2D eigenvalue weighted by Crippen LogP contribution is -2.56. The fourth-order valence-corrected chi connectivity index (χ4v) is 8.72. The van der Waals surface area contributed by atoms with Crippen LogP contribution < -0.4 is 0 Å². The minimum atomic E-state index is -0.861. The summed E-state index contributed by atoms with van der Waals surface area (Å²) >= 11 is 0. The van der Waals surface area contributed by atoms with Crippen LogP contribution in [-0.4, -0.2) is 33.5 Å². The molecule has 4 saturated carbocycles. The molecule has 33 heavy (non-hydrogen) atoms. The molecule has 5 rings (SSSR count). The van der Waals surface area contributed by atoms with Crippen molar-refractivity contribution in [2.24, 2.45) is 39.5 Å². The van der Waals surface area contributed by atoms with Gasteiger partial charge >= 0.3 is 0 Å². The Morgan fingerprint density at radius 1 is 1.09 bits per heavy atom. The molecule has 4 aliphatic rings. The van der Waals surface area contributed by atoms with Crippen molar-refractivity contribution < 1.29 is 15.1 Å². The number of phenols is 1. The number of aliphatic hydroxyl groups is 1. The van der Waals surface area contributed by atoms with Gasteiger partial charge in [0.2, 0.25) is 0 Å². The van der Waals surface area contributed by atoms with Gasteiger partial charge < -0.3 is 10.2 Å². The maximum atomic E-state index is 11.8. The van der Waals surface area contributed by atoms with Gasteiger partial charge in [0, 0.05) is 29.3 Å². The summed E-state index contributed by atoms with van der Waals surface area (Å²) in [6.07, 6.45) is 13.8.